The van der Waals surface area contributed by atoms with Crippen LogP contribution in [0, 0.1) is 5.41 Å². The third kappa shape index (κ3) is 1.18. The van der Waals surface area contributed by atoms with Crippen LogP contribution in [0.2, 0.25) is 0 Å². The van der Waals surface area contributed by atoms with Gasteiger partial charge in [-0.15, -0.1) is 0 Å². The Morgan fingerprint density at radius 3 is 2.40 bits per heavy atom. The second-order valence-corrected chi connectivity index (χ2v) is 3.77. The lowest BCUT2D eigenvalue weighted by atomic mass is 9.88. The van der Waals surface area contributed by atoms with Gasteiger partial charge in [0.05, 0.1) is 12.2 Å². The van der Waals surface area contributed by atoms with Crippen LogP contribution in [0.15, 0.2) is 0 Å². The summed E-state index contributed by atoms with van der Waals surface area (Å²) in [5.74, 6) is 0. The molecule has 0 aromatic carbocycles. The van der Waals surface area contributed by atoms with Gasteiger partial charge >= 0.3 is 0 Å². The number of hydrogen-bond donors (Lipinski definition) is 1. The molecule has 0 heterocycles. The van der Waals surface area contributed by atoms with Crippen molar-refractivity contribution in [1.82, 2.24) is 0 Å². The molecule has 2 heteroatoms. The Morgan fingerprint density at radius 2 is 2.10 bits per heavy atom. The molecule has 1 aliphatic carbocycles. The first-order valence-electron chi connectivity index (χ1n) is 3.73. The van der Waals surface area contributed by atoms with Crippen molar-refractivity contribution in [1.29, 1.82) is 0 Å². The SMILES string of the molecule is COCC(C)(O)C1(C)CC1. The van der Waals surface area contributed by atoms with Crippen LogP contribution < -0.4 is 0 Å². The second-order valence-electron chi connectivity index (χ2n) is 3.77. The van der Waals surface area contributed by atoms with E-state index in [-0.39, 0.29) is 5.41 Å². The Bertz CT molecular complexity index is 125. The summed E-state index contributed by atoms with van der Waals surface area (Å²) in [5.41, 5.74) is -0.495. The molecule has 1 N–H and O–H groups in total. The van der Waals surface area contributed by atoms with E-state index >= 15 is 0 Å². The summed E-state index contributed by atoms with van der Waals surface area (Å²) in [6, 6.07) is 0. The smallest absolute Gasteiger partial charge is 0.0905 e. The van der Waals surface area contributed by atoms with Gasteiger partial charge in [0.1, 0.15) is 0 Å². The largest absolute Gasteiger partial charge is 0.387 e. The first-order chi connectivity index (χ1) is 4.52. The molecule has 0 aromatic heterocycles. The molecule has 0 spiro atoms. The van der Waals surface area contributed by atoms with Crippen LogP contribution in [0.5, 0.6) is 0 Å². The first-order valence-corrected chi connectivity index (χ1v) is 3.73. The maximum atomic E-state index is 9.79. The van der Waals surface area contributed by atoms with E-state index in [1.165, 1.54) is 0 Å². The third-order valence-electron chi connectivity index (χ3n) is 2.73. The summed E-state index contributed by atoms with van der Waals surface area (Å²) in [4.78, 5) is 0. The Hall–Kier alpha value is -0.0800. The van der Waals surface area contributed by atoms with E-state index < -0.39 is 5.60 Å². The van der Waals surface area contributed by atoms with E-state index in [1.54, 1.807) is 7.11 Å². The molecule has 0 aliphatic heterocycles. The highest BCUT2D eigenvalue weighted by Gasteiger charge is 2.52. The molecule has 1 fully saturated rings. The average Bonchev–Trinajstić information content (AvgIpc) is 2.49. The van der Waals surface area contributed by atoms with Crippen LogP contribution in [0.25, 0.3) is 0 Å². The quantitative estimate of drug-likeness (QED) is 0.644. The minimum atomic E-state index is -0.623. The van der Waals surface area contributed by atoms with E-state index in [9.17, 15) is 5.11 Å². The van der Waals surface area contributed by atoms with Crippen LogP contribution in [0.3, 0.4) is 0 Å². The van der Waals surface area contributed by atoms with E-state index in [0.717, 1.165) is 12.8 Å². The minimum Gasteiger partial charge on any atom is -0.387 e. The molecule has 2 nitrogen and oxygen atoms in total. The summed E-state index contributed by atoms with van der Waals surface area (Å²) in [7, 11) is 1.63. The maximum absolute atomic E-state index is 9.79. The molecule has 1 saturated carbocycles. The van der Waals surface area contributed by atoms with E-state index in [1.807, 2.05) is 6.92 Å². The van der Waals surface area contributed by atoms with Crippen LogP contribution >= 0.6 is 0 Å². The van der Waals surface area contributed by atoms with Gasteiger partial charge < -0.3 is 9.84 Å². The summed E-state index contributed by atoms with van der Waals surface area (Å²) >= 11 is 0. The zero-order chi connectivity index (χ0) is 7.83. The molecule has 0 radical (unpaired) electrons. The summed E-state index contributed by atoms with van der Waals surface area (Å²) in [6.45, 7) is 4.40. The van der Waals surface area contributed by atoms with Crippen molar-refractivity contribution in [2.24, 2.45) is 5.41 Å². The van der Waals surface area contributed by atoms with Crippen molar-refractivity contribution in [3.8, 4) is 0 Å². The van der Waals surface area contributed by atoms with Crippen LogP contribution in [-0.4, -0.2) is 24.4 Å². The first kappa shape index (κ1) is 8.02. The molecule has 1 atom stereocenters. The number of aliphatic hydroxyl groups is 1. The Kier molecular flexibility index (Phi) is 1.77. The average molecular weight is 144 g/mol. The van der Waals surface area contributed by atoms with Crippen LogP contribution in [0.4, 0.5) is 0 Å². The summed E-state index contributed by atoms with van der Waals surface area (Å²) in [5, 5.41) is 9.79. The minimum absolute atomic E-state index is 0.128. The number of methoxy groups -OCH3 is 1. The highest BCUT2D eigenvalue weighted by atomic mass is 16.5. The zero-order valence-electron chi connectivity index (χ0n) is 6.98. The van der Waals surface area contributed by atoms with Crippen LogP contribution in [-0.2, 0) is 4.74 Å². The van der Waals surface area contributed by atoms with Crippen molar-refractivity contribution < 1.29 is 9.84 Å². The highest BCUT2D eigenvalue weighted by Crippen LogP contribution is 2.53. The molecule has 1 unspecified atom stereocenters. The predicted octanol–water partition coefficient (Wildman–Crippen LogP) is 1.18. The number of ether oxygens (including phenoxy) is 1. The standard InChI is InChI=1S/C8H16O2/c1-7(4-5-7)8(2,9)6-10-3/h9H,4-6H2,1-3H3. The molecule has 0 aromatic rings. The van der Waals surface area contributed by atoms with Gasteiger partial charge in [0.25, 0.3) is 0 Å². The van der Waals surface area contributed by atoms with Gasteiger partial charge in [-0.2, -0.15) is 0 Å². The monoisotopic (exact) mass is 144 g/mol. The molecule has 0 bridgehead atoms. The van der Waals surface area contributed by atoms with Crippen LogP contribution in [0.1, 0.15) is 26.7 Å². The van der Waals surface area contributed by atoms with Crippen molar-refractivity contribution in [3.63, 3.8) is 0 Å². The van der Waals surface area contributed by atoms with Gasteiger partial charge in [0.2, 0.25) is 0 Å². The van der Waals surface area contributed by atoms with Gasteiger partial charge in [0.15, 0.2) is 0 Å². The molecular formula is C8H16O2. The molecule has 1 rings (SSSR count). The third-order valence-corrected chi connectivity index (χ3v) is 2.73. The van der Waals surface area contributed by atoms with Gasteiger partial charge in [-0.25, -0.2) is 0 Å². The summed E-state index contributed by atoms with van der Waals surface area (Å²) in [6.07, 6.45) is 2.26. The van der Waals surface area contributed by atoms with E-state index in [0.29, 0.717) is 6.61 Å². The van der Waals surface area contributed by atoms with Crippen molar-refractivity contribution in [3.05, 3.63) is 0 Å². The second kappa shape index (κ2) is 2.21. The van der Waals surface area contributed by atoms with Crippen molar-refractivity contribution in [2.45, 2.75) is 32.3 Å². The molecular weight excluding hydrogens is 128 g/mol. The lowest BCUT2D eigenvalue weighted by Gasteiger charge is -2.29. The molecule has 0 saturated heterocycles. The fraction of sp³-hybridized carbons (Fsp3) is 1.00. The summed E-state index contributed by atoms with van der Waals surface area (Å²) < 4.78 is 4.92. The van der Waals surface area contributed by atoms with E-state index in [4.69, 9.17) is 4.74 Å². The normalized spacial score (nSPS) is 27.6. The lowest BCUT2D eigenvalue weighted by molar-refractivity contribution is -0.0653. The number of rotatable bonds is 3. The number of hydrogen-bond acceptors (Lipinski definition) is 2. The Labute approximate surface area is 62.2 Å². The molecule has 60 valence electrons. The van der Waals surface area contributed by atoms with Gasteiger partial charge in [-0.05, 0) is 25.2 Å². The van der Waals surface area contributed by atoms with Crippen molar-refractivity contribution in [2.75, 3.05) is 13.7 Å². The maximum Gasteiger partial charge on any atom is 0.0905 e. The Morgan fingerprint density at radius 1 is 1.60 bits per heavy atom. The molecule has 0 amide bonds. The molecule has 10 heavy (non-hydrogen) atoms. The fourth-order valence-electron chi connectivity index (χ4n) is 1.18. The van der Waals surface area contributed by atoms with Gasteiger partial charge in [-0.1, -0.05) is 6.92 Å². The van der Waals surface area contributed by atoms with Gasteiger partial charge in [0, 0.05) is 7.11 Å². The highest BCUT2D eigenvalue weighted by molar-refractivity contribution is 5.02. The predicted molar refractivity (Wildman–Crippen MR) is 39.8 cm³/mol. The fourth-order valence-corrected chi connectivity index (χ4v) is 1.18. The van der Waals surface area contributed by atoms with Gasteiger partial charge in [-0.3, -0.25) is 0 Å². The van der Waals surface area contributed by atoms with E-state index in [2.05, 4.69) is 6.92 Å². The van der Waals surface area contributed by atoms with Crippen molar-refractivity contribution >= 4 is 0 Å². The topological polar surface area (TPSA) is 29.5 Å². The zero-order valence-corrected chi connectivity index (χ0v) is 6.98. The lowest BCUT2D eigenvalue weighted by Crippen LogP contribution is -2.39. The Balaban J connectivity index is 2.50. The molecule has 1 aliphatic rings.